The molecule has 2 aromatic rings. The van der Waals surface area contributed by atoms with Crippen LogP contribution in [0, 0.1) is 6.92 Å². The molecule has 0 radical (unpaired) electrons. The van der Waals surface area contributed by atoms with Crippen LogP contribution in [-0.2, 0) is 0 Å². The highest BCUT2D eigenvalue weighted by Crippen LogP contribution is 2.32. The second kappa shape index (κ2) is 3.64. The van der Waals surface area contributed by atoms with Gasteiger partial charge in [0.05, 0.1) is 3.79 Å². The van der Waals surface area contributed by atoms with Crippen molar-refractivity contribution in [3.63, 3.8) is 0 Å². The number of thiophene rings is 1. The van der Waals surface area contributed by atoms with Gasteiger partial charge < -0.3 is 0 Å². The van der Waals surface area contributed by atoms with Crippen LogP contribution in [-0.4, -0.2) is 0 Å². The van der Waals surface area contributed by atoms with E-state index in [1.807, 2.05) is 0 Å². The molecule has 1 heterocycles. The molecule has 0 spiro atoms. The van der Waals surface area contributed by atoms with Crippen molar-refractivity contribution < 1.29 is 0 Å². The number of halogens is 1. The van der Waals surface area contributed by atoms with Gasteiger partial charge in [0.1, 0.15) is 0 Å². The molecule has 0 N–H and O–H groups in total. The van der Waals surface area contributed by atoms with Gasteiger partial charge in [0.25, 0.3) is 0 Å². The molecule has 1 aromatic carbocycles. The van der Waals surface area contributed by atoms with Crippen molar-refractivity contribution in [2.24, 2.45) is 0 Å². The number of rotatable bonds is 1. The molecule has 0 aliphatic heterocycles. The van der Waals surface area contributed by atoms with Gasteiger partial charge in [0.15, 0.2) is 0 Å². The first-order chi connectivity index (χ1) is 6.27. The van der Waals surface area contributed by atoms with E-state index in [-0.39, 0.29) is 0 Å². The lowest BCUT2D eigenvalue weighted by molar-refractivity contribution is 1.47. The van der Waals surface area contributed by atoms with Gasteiger partial charge in [-0.05, 0) is 39.9 Å². The minimum absolute atomic E-state index is 1.21. The van der Waals surface area contributed by atoms with Crippen LogP contribution >= 0.6 is 27.3 Å². The van der Waals surface area contributed by atoms with Crippen molar-refractivity contribution in [2.45, 2.75) is 6.92 Å². The molecule has 0 unspecified atom stereocenters. The first-order valence-electron chi connectivity index (χ1n) is 4.07. The maximum absolute atomic E-state index is 3.55. The quantitative estimate of drug-likeness (QED) is 0.702. The summed E-state index contributed by atoms with van der Waals surface area (Å²) < 4.78 is 1.21. The van der Waals surface area contributed by atoms with Gasteiger partial charge in [0.2, 0.25) is 0 Å². The lowest BCUT2D eigenvalue weighted by Gasteiger charge is -2.00. The van der Waals surface area contributed by atoms with Crippen LogP contribution in [0.15, 0.2) is 39.5 Å². The molecule has 0 atom stereocenters. The molecule has 13 heavy (non-hydrogen) atoms. The van der Waals surface area contributed by atoms with E-state index >= 15 is 0 Å². The molecule has 0 fully saturated rings. The smallest absolute Gasteiger partial charge is 0.0776 e. The van der Waals surface area contributed by atoms with Crippen LogP contribution in [0.4, 0.5) is 0 Å². The highest BCUT2D eigenvalue weighted by molar-refractivity contribution is 9.11. The molecule has 1 aromatic heterocycles. The first kappa shape index (κ1) is 8.97. The zero-order chi connectivity index (χ0) is 9.26. The molecular weight excluding hydrogens is 244 g/mol. The van der Waals surface area contributed by atoms with E-state index in [4.69, 9.17) is 0 Å². The summed E-state index contributed by atoms with van der Waals surface area (Å²) in [6.45, 7) is 2.11. The van der Waals surface area contributed by atoms with E-state index in [1.165, 1.54) is 20.5 Å². The summed E-state index contributed by atoms with van der Waals surface area (Å²) in [6.07, 6.45) is 0. The highest BCUT2D eigenvalue weighted by atomic mass is 79.9. The maximum atomic E-state index is 3.55. The van der Waals surface area contributed by atoms with Crippen LogP contribution in [0.2, 0.25) is 0 Å². The molecule has 0 bridgehead atoms. The largest absolute Gasteiger partial charge is 0.136 e. The fraction of sp³-hybridized carbons (Fsp3) is 0.0909. The first-order valence-corrected chi connectivity index (χ1v) is 5.74. The molecule has 0 saturated heterocycles. The van der Waals surface area contributed by atoms with E-state index in [2.05, 4.69) is 58.6 Å². The Morgan fingerprint density at radius 1 is 1.23 bits per heavy atom. The summed E-state index contributed by atoms with van der Waals surface area (Å²) in [6, 6.07) is 10.7. The minimum Gasteiger partial charge on any atom is -0.136 e. The summed E-state index contributed by atoms with van der Waals surface area (Å²) >= 11 is 5.27. The zero-order valence-electron chi connectivity index (χ0n) is 7.25. The lowest BCUT2D eigenvalue weighted by Crippen LogP contribution is -1.76. The number of hydrogen-bond acceptors (Lipinski definition) is 1. The van der Waals surface area contributed by atoms with Crippen molar-refractivity contribution in [1.29, 1.82) is 0 Å². The van der Waals surface area contributed by atoms with Crippen LogP contribution in [0.3, 0.4) is 0 Å². The standard InChI is InChI=1S/C11H9BrS/c1-8-3-2-4-9(7-8)10-5-6-13-11(10)12/h2-7H,1H3. The topological polar surface area (TPSA) is 0 Å². The van der Waals surface area contributed by atoms with E-state index < -0.39 is 0 Å². The Morgan fingerprint density at radius 3 is 2.69 bits per heavy atom. The van der Waals surface area contributed by atoms with Crippen LogP contribution in [0.1, 0.15) is 5.56 Å². The van der Waals surface area contributed by atoms with Gasteiger partial charge >= 0.3 is 0 Å². The monoisotopic (exact) mass is 252 g/mol. The summed E-state index contributed by atoms with van der Waals surface area (Å²) in [5.41, 5.74) is 3.87. The third-order valence-corrected chi connectivity index (χ3v) is 3.63. The molecule has 2 rings (SSSR count). The molecule has 0 amide bonds. The van der Waals surface area contributed by atoms with E-state index in [1.54, 1.807) is 11.3 Å². The van der Waals surface area contributed by atoms with E-state index in [0.717, 1.165) is 0 Å². The Bertz CT molecular complexity index is 418. The van der Waals surface area contributed by atoms with Crippen molar-refractivity contribution >= 4 is 27.3 Å². The summed E-state index contributed by atoms with van der Waals surface area (Å²) in [5.74, 6) is 0. The van der Waals surface area contributed by atoms with Crippen molar-refractivity contribution in [1.82, 2.24) is 0 Å². The Labute approximate surface area is 90.4 Å². The predicted molar refractivity (Wildman–Crippen MR) is 62.2 cm³/mol. The molecule has 0 aliphatic rings. The van der Waals surface area contributed by atoms with Gasteiger partial charge in [-0.2, -0.15) is 0 Å². The fourth-order valence-corrected chi connectivity index (χ4v) is 2.63. The van der Waals surface area contributed by atoms with Crippen LogP contribution in [0.25, 0.3) is 11.1 Å². The van der Waals surface area contributed by atoms with Gasteiger partial charge in [0, 0.05) is 5.56 Å². The Balaban J connectivity index is 2.53. The SMILES string of the molecule is Cc1cccc(-c2ccsc2Br)c1. The van der Waals surface area contributed by atoms with Crippen molar-refractivity contribution in [3.05, 3.63) is 45.1 Å². The molecular formula is C11H9BrS. The van der Waals surface area contributed by atoms with Crippen molar-refractivity contribution in [2.75, 3.05) is 0 Å². The molecule has 2 heteroatoms. The maximum Gasteiger partial charge on any atom is 0.0776 e. The summed E-state index contributed by atoms with van der Waals surface area (Å²) in [4.78, 5) is 0. The third-order valence-electron chi connectivity index (χ3n) is 1.95. The summed E-state index contributed by atoms with van der Waals surface area (Å²) in [5, 5.41) is 2.10. The van der Waals surface area contributed by atoms with Gasteiger partial charge in [-0.3, -0.25) is 0 Å². The number of benzene rings is 1. The Kier molecular flexibility index (Phi) is 2.51. The number of aryl methyl sites for hydroxylation is 1. The highest BCUT2D eigenvalue weighted by Gasteiger charge is 2.03. The molecule has 66 valence electrons. The van der Waals surface area contributed by atoms with Crippen molar-refractivity contribution in [3.8, 4) is 11.1 Å². The van der Waals surface area contributed by atoms with E-state index in [0.29, 0.717) is 0 Å². The Hall–Kier alpha value is -0.600. The van der Waals surface area contributed by atoms with E-state index in [9.17, 15) is 0 Å². The van der Waals surface area contributed by atoms with Gasteiger partial charge in [-0.25, -0.2) is 0 Å². The average Bonchev–Trinajstić information content (AvgIpc) is 2.51. The third kappa shape index (κ3) is 1.84. The fourth-order valence-electron chi connectivity index (χ4n) is 1.31. The Morgan fingerprint density at radius 2 is 2.08 bits per heavy atom. The number of hydrogen-bond donors (Lipinski definition) is 0. The van der Waals surface area contributed by atoms with Gasteiger partial charge in [-0.1, -0.05) is 29.8 Å². The van der Waals surface area contributed by atoms with Crippen LogP contribution < -0.4 is 0 Å². The zero-order valence-corrected chi connectivity index (χ0v) is 9.65. The predicted octanol–water partition coefficient (Wildman–Crippen LogP) is 4.49. The minimum atomic E-state index is 1.21. The summed E-state index contributed by atoms with van der Waals surface area (Å²) in [7, 11) is 0. The molecule has 0 aliphatic carbocycles. The second-order valence-corrected chi connectivity index (χ2v) is 5.21. The average molecular weight is 253 g/mol. The molecule has 0 nitrogen and oxygen atoms in total. The van der Waals surface area contributed by atoms with Gasteiger partial charge in [-0.15, -0.1) is 11.3 Å². The lowest BCUT2D eigenvalue weighted by atomic mass is 10.1. The molecule has 0 saturated carbocycles. The van der Waals surface area contributed by atoms with Crippen LogP contribution in [0.5, 0.6) is 0 Å². The second-order valence-electron chi connectivity index (χ2n) is 2.98. The normalized spacial score (nSPS) is 10.3.